The molecule has 84 valence electrons. The van der Waals surface area contributed by atoms with E-state index >= 15 is 0 Å². The Balaban J connectivity index is 2.63. The molecule has 0 amide bonds. The molecule has 1 aliphatic rings. The number of rotatable bonds is 3. The molecule has 1 heterocycles. The Morgan fingerprint density at radius 2 is 1.64 bits per heavy atom. The number of hydrogen-bond donors (Lipinski definition) is 4. The fourth-order valence-electron chi connectivity index (χ4n) is 1.22. The normalized spacial score (nSPS) is 43.9. The summed E-state index contributed by atoms with van der Waals surface area (Å²) in [6.07, 6.45) is -6.53. The monoisotopic (exact) mass is 210 g/mol. The first kappa shape index (κ1) is 11.8. The maximum Gasteiger partial charge on any atom is 0.191 e. The van der Waals surface area contributed by atoms with Crippen molar-refractivity contribution in [2.45, 2.75) is 30.9 Å². The van der Waals surface area contributed by atoms with Gasteiger partial charge in [0.2, 0.25) is 0 Å². The first-order valence-electron chi connectivity index (χ1n) is 4.06. The van der Waals surface area contributed by atoms with E-state index in [1.807, 2.05) is 0 Å². The Bertz CT molecular complexity index is 171. The Hall–Kier alpha value is -0.280. The standard InChI is InChI=1S/C7H14O7/c1-12-6-4(10)3(9)5(11)7(14-6)13-2-8/h3-11H,2H2,1H3/t3?,4-,5?,6?,7-/m0/s1. The van der Waals surface area contributed by atoms with Crippen LogP contribution in [0.1, 0.15) is 0 Å². The first-order valence-corrected chi connectivity index (χ1v) is 4.06. The zero-order chi connectivity index (χ0) is 10.7. The summed E-state index contributed by atoms with van der Waals surface area (Å²) in [6.45, 7) is -0.666. The van der Waals surface area contributed by atoms with Crippen LogP contribution in [-0.4, -0.2) is 65.2 Å². The van der Waals surface area contributed by atoms with Gasteiger partial charge in [0.15, 0.2) is 12.6 Å². The Kier molecular flexibility index (Phi) is 4.20. The van der Waals surface area contributed by atoms with Crippen molar-refractivity contribution in [2.24, 2.45) is 0 Å². The number of aliphatic hydroxyl groups excluding tert-OH is 4. The Morgan fingerprint density at radius 3 is 2.14 bits per heavy atom. The number of ether oxygens (including phenoxy) is 3. The Labute approximate surface area is 80.4 Å². The molecule has 0 bridgehead atoms. The van der Waals surface area contributed by atoms with Crippen LogP contribution in [0.4, 0.5) is 0 Å². The van der Waals surface area contributed by atoms with Crippen LogP contribution in [0.3, 0.4) is 0 Å². The van der Waals surface area contributed by atoms with Crippen LogP contribution < -0.4 is 0 Å². The van der Waals surface area contributed by atoms with Gasteiger partial charge in [0.1, 0.15) is 25.1 Å². The van der Waals surface area contributed by atoms with E-state index in [9.17, 15) is 15.3 Å². The SMILES string of the molecule is COC1O[C@H](OCO)C(O)C(O)[C@@H]1O. The predicted molar refractivity (Wildman–Crippen MR) is 41.9 cm³/mol. The zero-order valence-corrected chi connectivity index (χ0v) is 7.61. The van der Waals surface area contributed by atoms with Gasteiger partial charge in [-0.1, -0.05) is 0 Å². The Morgan fingerprint density at radius 1 is 1.07 bits per heavy atom. The molecule has 7 heteroatoms. The molecule has 0 radical (unpaired) electrons. The largest absolute Gasteiger partial charge is 0.387 e. The highest BCUT2D eigenvalue weighted by atomic mass is 16.8. The fraction of sp³-hybridized carbons (Fsp3) is 1.00. The lowest BCUT2D eigenvalue weighted by atomic mass is 10.0. The van der Waals surface area contributed by atoms with Crippen LogP contribution in [0.25, 0.3) is 0 Å². The highest BCUT2D eigenvalue weighted by Gasteiger charge is 2.44. The second kappa shape index (κ2) is 4.99. The van der Waals surface area contributed by atoms with Crippen molar-refractivity contribution >= 4 is 0 Å². The van der Waals surface area contributed by atoms with E-state index in [0.717, 1.165) is 0 Å². The average molecular weight is 210 g/mol. The highest BCUT2D eigenvalue weighted by molar-refractivity contribution is 4.85. The van der Waals surface area contributed by atoms with E-state index in [0.29, 0.717) is 0 Å². The van der Waals surface area contributed by atoms with Crippen molar-refractivity contribution in [3.05, 3.63) is 0 Å². The van der Waals surface area contributed by atoms with Crippen molar-refractivity contribution in [3.63, 3.8) is 0 Å². The van der Waals surface area contributed by atoms with E-state index < -0.39 is 37.7 Å². The summed E-state index contributed by atoms with van der Waals surface area (Å²) >= 11 is 0. The minimum Gasteiger partial charge on any atom is -0.387 e. The third-order valence-electron chi connectivity index (χ3n) is 2.00. The summed E-state index contributed by atoms with van der Waals surface area (Å²) in [5.41, 5.74) is 0. The van der Waals surface area contributed by atoms with E-state index in [1.165, 1.54) is 7.11 Å². The molecule has 0 spiro atoms. The van der Waals surface area contributed by atoms with Crippen molar-refractivity contribution in [1.29, 1.82) is 0 Å². The molecule has 1 saturated heterocycles. The maximum atomic E-state index is 9.33. The average Bonchev–Trinajstić information content (AvgIpc) is 2.19. The molecule has 0 aliphatic carbocycles. The minimum atomic E-state index is -1.44. The molecular formula is C7H14O7. The molecule has 1 fully saturated rings. The minimum absolute atomic E-state index is 0.666. The summed E-state index contributed by atoms with van der Waals surface area (Å²) in [5.74, 6) is 0. The summed E-state index contributed by atoms with van der Waals surface area (Å²) in [7, 11) is 1.27. The van der Waals surface area contributed by atoms with Crippen LogP contribution >= 0.6 is 0 Å². The summed E-state index contributed by atoms with van der Waals surface area (Å²) in [6, 6.07) is 0. The van der Waals surface area contributed by atoms with Crippen molar-refractivity contribution in [3.8, 4) is 0 Å². The molecule has 3 unspecified atom stereocenters. The van der Waals surface area contributed by atoms with Gasteiger partial charge >= 0.3 is 0 Å². The highest BCUT2D eigenvalue weighted by Crippen LogP contribution is 2.21. The molecule has 1 rings (SSSR count). The van der Waals surface area contributed by atoms with Gasteiger partial charge in [-0.2, -0.15) is 0 Å². The van der Waals surface area contributed by atoms with Gasteiger partial charge in [-0.3, -0.25) is 0 Å². The molecule has 4 N–H and O–H groups in total. The lowest BCUT2D eigenvalue weighted by molar-refractivity contribution is -0.353. The van der Waals surface area contributed by atoms with Crippen LogP contribution in [0.2, 0.25) is 0 Å². The van der Waals surface area contributed by atoms with E-state index in [4.69, 9.17) is 14.6 Å². The molecule has 14 heavy (non-hydrogen) atoms. The van der Waals surface area contributed by atoms with Crippen molar-refractivity contribution in [2.75, 3.05) is 13.9 Å². The van der Waals surface area contributed by atoms with Gasteiger partial charge in [0.25, 0.3) is 0 Å². The number of hydrogen-bond acceptors (Lipinski definition) is 7. The second-order valence-electron chi connectivity index (χ2n) is 2.88. The van der Waals surface area contributed by atoms with E-state index in [1.54, 1.807) is 0 Å². The zero-order valence-electron chi connectivity index (χ0n) is 7.61. The second-order valence-corrected chi connectivity index (χ2v) is 2.88. The third-order valence-corrected chi connectivity index (χ3v) is 2.00. The maximum absolute atomic E-state index is 9.33. The van der Waals surface area contributed by atoms with Crippen LogP contribution in [-0.2, 0) is 14.2 Å². The molecule has 0 aromatic carbocycles. The molecule has 1 aliphatic heterocycles. The van der Waals surface area contributed by atoms with E-state index in [-0.39, 0.29) is 0 Å². The van der Waals surface area contributed by atoms with E-state index in [2.05, 4.69) is 4.74 Å². The van der Waals surface area contributed by atoms with Crippen LogP contribution in [0, 0.1) is 0 Å². The van der Waals surface area contributed by atoms with Crippen molar-refractivity contribution in [1.82, 2.24) is 0 Å². The van der Waals surface area contributed by atoms with Gasteiger partial charge in [-0.15, -0.1) is 0 Å². The summed E-state index contributed by atoms with van der Waals surface area (Å²) in [4.78, 5) is 0. The first-order chi connectivity index (χ1) is 6.61. The lowest BCUT2D eigenvalue weighted by Crippen LogP contribution is -2.58. The molecular weight excluding hydrogens is 196 g/mol. The van der Waals surface area contributed by atoms with Gasteiger partial charge in [-0.25, -0.2) is 0 Å². The van der Waals surface area contributed by atoms with Gasteiger partial charge in [0, 0.05) is 7.11 Å². The molecule has 0 aromatic heterocycles. The van der Waals surface area contributed by atoms with Gasteiger partial charge in [-0.05, 0) is 0 Å². The van der Waals surface area contributed by atoms with Crippen LogP contribution in [0.15, 0.2) is 0 Å². The smallest absolute Gasteiger partial charge is 0.191 e. The molecule has 0 aromatic rings. The number of methoxy groups -OCH3 is 1. The topological polar surface area (TPSA) is 109 Å². The number of aliphatic hydroxyl groups is 4. The van der Waals surface area contributed by atoms with Crippen LogP contribution in [0.5, 0.6) is 0 Å². The third kappa shape index (κ3) is 2.20. The molecule has 7 nitrogen and oxygen atoms in total. The predicted octanol–water partition coefficient (Wildman–Crippen LogP) is -2.64. The van der Waals surface area contributed by atoms with Gasteiger partial charge < -0.3 is 34.6 Å². The summed E-state index contributed by atoms with van der Waals surface area (Å²) < 4.78 is 14.2. The molecule has 0 saturated carbocycles. The fourth-order valence-corrected chi connectivity index (χ4v) is 1.22. The summed E-state index contributed by atoms with van der Waals surface area (Å²) in [5, 5.41) is 36.4. The molecule has 5 atom stereocenters. The lowest BCUT2D eigenvalue weighted by Gasteiger charge is -2.38. The van der Waals surface area contributed by atoms with Crippen molar-refractivity contribution < 1.29 is 34.6 Å². The van der Waals surface area contributed by atoms with Gasteiger partial charge in [0.05, 0.1) is 0 Å². The quantitative estimate of drug-likeness (QED) is 0.377.